The number of non-ortho nitro benzene ring substituents is 1. The Labute approximate surface area is 183 Å². The molecule has 32 heavy (non-hydrogen) atoms. The molecular formula is C21H14BClF4N2O3. The lowest BCUT2D eigenvalue weighted by Crippen LogP contribution is -2.70. The fourth-order valence-corrected chi connectivity index (χ4v) is 3.00. The van der Waals surface area contributed by atoms with Crippen LogP contribution in [0.4, 0.5) is 28.6 Å². The van der Waals surface area contributed by atoms with E-state index in [0.29, 0.717) is 16.4 Å². The lowest BCUT2D eigenvalue weighted by atomic mass is 10.1. The molecule has 0 aliphatic heterocycles. The predicted octanol–water partition coefficient (Wildman–Crippen LogP) is 5.27. The van der Waals surface area contributed by atoms with Gasteiger partial charge in [0.2, 0.25) is 11.0 Å². The lowest BCUT2D eigenvalue weighted by Gasteiger charge is -2.03. The van der Waals surface area contributed by atoms with Crippen molar-refractivity contribution in [2.45, 2.75) is 0 Å². The maximum Gasteiger partial charge on any atom is 0.673 e. The number of nitro benzene ring substituents is 1. The zero-order chi connectivity index (χ0) is 23.3. The monoisotopic (exact) mass is 464 g/mol. The number of benzene rings is 3. The molecule has 0 aliphatic carbocycles. The molecule has 1 aromatic heterocycles. The first-order valence-corrected chi connectivity index (χ1v) is 9.48. The van der Waals surface area contributed by atoms with Crippen molar-refractivity contribution < 1.29 is 31.6 Å². The van der Waals surface area contributed by atoms with Crippen LogP contribution in [-0.2, 0) is 0 Å². The molecule has 0 atom stereocenters. The minimum atomic E-state index is -6.00. The summed E-state index contributed by atoms with van der Waals surface area (Å²) in [4.78, 5) is 13.7. The van der Waals surface area contributed by atoms with Crippen LogP contribution >= 0.6 is 11.6 Å². The van der Waals surface area contributed by atoms with E-state index in [4.69, 9.17) is 16.0 Å². The predicted molar refractivity (Wildman–Crippen MR) is 114 cm³/mol. The van der Waals surface area contributed by atoms with Gasteiger partial charge in [0, 0.05) is 34.9 Å². The Balaban J connectivity index is 0.000000523. The second kappa shape index (κ2) is 9.65. The van der Waals surface area contributed by atoms with Gasteiger partial charge >= 0.3 is 7.25 Å². The molecule has 0 unspecified atom stereocenters. The molecule has 3 aromatic carbocycles. The molecule has 1 heterocycles. The van der Waals surface area contributed by atoms with Crippen LogP contribution < -0.4 is 10.3 Å². The summed E-state index contributed by atoms with van der Waals surface area (Å²) in [5.74, 6) is 0.704. The number of nitro groups is 1. The summed E-state index contributed by atoms with van der Waals surface area (Å²) in [6.07, 6.45) is 0. The SMILES string of the molecule is F[B-](F)(F)F.O=[N+]([O-])c1ccc([NH+]=c2cc(-c3ccccc3)oc3ccc(Cl)cc23)cc1. The second-order valence-electron chi connectivity index (χ2n) is 6.45. The molecule has 164 valence electrons. The standard InChI is InChI=1S/C21H13ClN2O3.BF4/c22-15-6-11-20-18(12-15)19(13-21(27-20)14-4-2-1-3-5-14)23-16-7-9-17(10-8-16)24(25)26;2-1(3,4)5/h1-13H;/q;-1/p+1. The maximum absolute atomic E-state index is 10.8. The molecule has 4 rings (SSSR count). The topological polar surface area (TPSA) is 70.2 Å². The molecule has 0 bridgehead atoms. The number of fused-ring (bicyclic) bond motifs is 1. The number of rotatable bonds is 3. The van der Waals surface area contributed by atoms with E-state index in [1.807, 2.05) is 48.5 Å². The maximum atomic E-state index is 10.8. The summed E-state index contributed by atoms with van der Waals surface area (Å²) in [5.41, 5.74) is 2.40. The summed E-state index contributed by atoms with van der Waals surface area (Å²) < 4.78 is 45.0. The molecule has 0 spiro atoms. The van der Waals surface area contributed by atoms with Gasteiger partial charge in [-0.1, -0.05) is 41.9 Å². The quantitative estimate of drug-likeness (QED) is 0.194. The van der Waals surface area contributed by atoms with Gasteiger partial charge in [0.25, 0.3) is 5.69 Å². The van der Waals surface area contributed by atoms with Gasteiger partial charge < -0.3 is 21.7 Å². The summed E-state index contributed by atoms with van der Waals surface area (Å²) in [5, 5.41) is 13.1. The Kier molecular flexibility index (Phi) is 6.94. The van der Waals surface area contributed by atoms with Crippen molar-refractivity contribution in [2.24, 2.45) is 0 Å². The van der Waals surface area contributed by atoms with Crippen molar-refractivity contribution in [3.8, 4) is 11.3 Å². The van der Waals surface area contributed by atoms with Crippen LogP contribution in [0.3, 0.4) is 0 Å². The highest BCUT2D eigenvalue weighted by Crippen LogP contribution is 2.23. The van der Waals surface area contributed by atoms with Crippen molar-refractivity contribution in [2.75, 3.05) is 0 Å². The van der Waals surface area contributed by atoms with Gasteiger partial charge in [-0.3, -0.25) is 10.1 Å². The van der Waals surface area contributed by atoms with Crippen molar-refractivity contribution in [3.05, 3.63) is 99.4 Å². The van der Waals surface area contributed by atoms with Crippen LogP contribution in [0.1, 0.15) is 0 Å². The molecule has 11 heteroatoms. The minimum absolute atomic E-state index is 0.0430. The summed E-state index contributed by atoms with van der Waals surface area (Å²) in [7, 11) is -6.00. The average molecular weight is 465 g/mol. The molecule has 0 saturated carbocycles. The Bertz CT molecular complexity index is 1300. The van der Waals surface area contributed by atoms with Gasteiger partial charge in [-0.05, 0) is 18.2 Å². The lowest BCUT2D eigenvalue weighted by molar-refractivity contribution is -0.402. The van der Waals surface area contributed by atoms with Gasteiger partial charge in [0.15, 0.2) is 0 Å². The highest BCUT2D eigenvalue weighted by atomic mass is 35.5. The van der Waals surface area contributed by atoms with Crippen molar-refractivity contribution in [1.82, 2.24) is 0 Å². The van der Waals surface area contributed by atoms with E-state index in [1.165, 1.54) is 12.1 Å². The van der Waals surface area contributed by atoms with E-state index < -0.39 is 12.2 Å². The van der Waals surface area contributed by atoms with E-state index in [9.17, 15) is 27.4 Å². The van der Waals surface area contributed by atoms with Gasteiger partial charge in [0.05, 0.1) is 16.4 Å². The number of hydrogen-bond donors (Lipinski definition) is 1. The van der Waals surface area contributed by atoms with Crippen LogP contribution in [0.2, 0.25) is 5.02 Å². The van der Waals surface area contributed by atoms with E-state index in [0.717, 1.165) is 22.0 Å². The summed E-state index contributed by atoms with van der Waals surface area (Å²) >= 11 is 6.16. The van der Waals surface area contributed by atoms with E-state index in [2.05, 4.69) is 4.99 Å². The first kappa shape index (κ1) is 23.0. The van der Waals surface area contributed by atoms with Crippen molar-refractivity contribution in [1.29, 1.82) is 0 Å². The highest BCUT2D eigenvalue weighted by Gasteiger charge is 2.20. The molecular weight excluding hydrogens is 450 g/mol. The van der Waals surface area contributed by atoms with Crippen LogP contribution in [-0.4, -0.2) is 12.2 Å². The Hall–Kier alpha value is -3.66. The van der Waals surface area contributed by atoms with Gasteiger partial charge in [0.1, 0.15) is 11.3 Å². The molecule has 5 nitrogen and oxygen atoms in total. The fraction of sp³-hybridized carbons (Fsp3) is 0. The van der Waals surface area contributed by atoms with Gasteiger partial charge in [-0.25, -0.2) is 4.99 Å². The van der Waals surface area contributed by atoms with E-state index in [-0.39, 0.29) is 5.69 Å². The number of nitrogens with zero attached hydrogens (tertiary/aromatic N) is 1. The summed E-state index contributed by atoms with van der Waals surface area (Å²) in [6.45, 7) is 0. The first-order chi connectivity index (χ1) is 15.1. The van der Waals surface area contributed by atoms with Crippen molar-refractivity contribution in [3.63, 3.8) is 0 Å². The second-order valence-corrected chi connectivity index (χ2v) is 6.89. The first-order valence-electron chi connectivity index (χ1n) is 9.11. The molecule has 0 saturated heterocycles. The third-order valence-electron chi connectivity index (χ3n) is 4.14. The fourth-order valence-electron chi connectivity index (χ4n) is 2.83. The summed E-state index contributed by atoms with van der Waals surface area (Å²) in [6, 6.07) is 23.3. The molecule has 0 radical (unpaired) electrons. The average Bonchev–Trinajstić information content (AvgIpc) is 2.74. The minimum Gasteiger partial charge on any atom is -0.456 e. The Morgan fingerprint density at radius 3 is 2.12 bits per heavy atom. The van der Waals surface area contributed by atoms with E-state index in [1.54, 1.807) is 18.2 Å². The Morgan fingerprint density at radius 2 is 1.53 bits per heavy atom. The third-order valence-corrected chi connectivity index (χ3v) is 4.38. The molecule has 1 N–H and O–H groups in total. The van der Waals surface area contributed by atoms with Crippen LogP contribution in [0.5, 0.6) is 0 Å². The molecule has 0 aliphatic rings. The largest absolute Gasteiger partial charge is 0.673 e. The molecule has 0 amide bonds. The van der Waals surface area contributed by atoms with Crippen molar-refractivity contribution >= 4 is 41.2 Å². The third kappa shape index (κ3) is 6.42. The number of hydrogen-bond acceptors (Lipinski definition) is 3. The zero-order valence-electron chi connectivity index (χ0n) is 16.1. The zero-order valence-corrected chi connectivity index (χ0v) is 16.9. The van der Waals surface area contributed by atoms with Crippen LogP contribution in [0.15, 0.2) is 83.3 Å². The number of halogens is 5. The van der Waals surface area contributed by atoms with Gasteiger partial charge in [-0.2, -0.15) is 0 Å². The normalized spacial score (nSPS) is 11.7. The molecule has 0 fully saturated rings. The van der Waals surface area contributed by atoms with E-state index >= 15 is 0 Å². The number of nitrogens with one attached hydrogen (secondary N) is 1. The Morgan fingerprint density at radius 1 is 0.906 bits per heavy atom. The van der Waals surface area contributed by atoms with Crippen LogP contribution in [0.25, 0.3) is 22.3 Å². The van der Waals surface area contributed by atoms with Gasteiger partial charge in [-0.15, -0.1) is 0 Å². The highest BCUT2D eigenvalue weighted by molar-refractivity contribution is 6.50. The molecule has 4 aromatic rings. The smallest absolute Gasteiger partial charge is 0.456 e. The van der Waals surface area contributed by atoms with Crippen LogP contribution in [0, 0.1) is 10.1 Å².